The van der Waals surface area contributed by atoms with Crippen LogP contribution < -0.4 is 0 Å². The molecule has 0 radical (unpaired) electrons. The minimum Gasteiger partial charge on any atom is -0.257 e. The molecule has 2 heteroatoms. The fraction of sp³-hybridized carbons (Fsp3) is 0.125. The van der Waals surface area contributed by atoms with E-state index < -0.39 is 0 Å². The second-order valence-corrected chi connectivity index (χ2v) is 2.58. The minimum absolute atomic E-state index is 0.975. The molecule has 0 amide bonds. The SMILES string of the molecule is Cc1ccc(/C=C/Br)nc1. The Kier molecular flexibility index (Phi) is 2.63. The Morgan fingerprint density at radius 2 is 2.30 bits per heavy atom. The smallest absolute Gasteiger partial charge is 0.0635 e. The van der Waals surface area contributed by atoms with E-state index in [0.717, 1.165) is 5.69 Å². The molecule has 52 valence electrons. The van der Waals surface area contributed by atoms with E-state index in [-0.39, 0.29) is 0 Å². The van der Waals surface area contributed by atoms with Crippen molar-refractivity contribution in [3.63, 3.8) is 0 Å². The summed E-state index contributed by atoms with van der Waals surface area (Å²) in [4.78, 5) is 5.95. The van der Waals surface area contributed by atoms with Gasteiger partial charge in [0, 0.05) is 6.20 Å². The Balaban J connectivity index is 2.89. The molecule has 0 unspecified atom stereocenters. The monoisotopic (exact) mass is 197 g/mol. The van der Waals surface area contributed by atoms with Crippen LogP contribution in [0.15, 0.2) is 23.3 Å². The Hall–Kier alpha value is -0.630. The lowest BCUT2D eigenvalue weighted by Crippen LogP contribution is -1.79. The first-order valence-corrected chi connectivity index (χ1v) is 3.94. The second-order valence-electron chi connectivity index (χ2n) is 2.05. The highest BCUT2D eigenvalue weighted by molar-refractivity contribution is 9.11. The third kappa shape index (κ3) is 1.95. The molecule has 0 atom stereocenters. The van der Waals surface area contributed by atoms with E-state index in [9.17, 15) is 0 Å². The van der Waals surface area contributed by atoms with Crippen LogP contribution in [0.5, 0.6) is 0 Å². The van der Waals surface area contributed by atoms with Gasteiger partial charge in [-0.25, -0.2) is 0 Å². The molecule has 0 spiro atoms. The maximum atomic E-state index is 4.15. The lowest BCUT2D eigenvalue weighted by molar-refractivity contribution is 1.24. The zero-order valence-corrected chi connectivity index (χ0v) is 7.30. The summed E-state index contributed by atoms with van der Waals surface area (Å²) in [6.45, 7) is 2.02. The van der Waals surface area contributed by atoms with Crippen molar-refractivity contribution in [1.82, 2.24) is 4.98 Å². The van der Waals surface area contributed by atoms with Crippen molar-refractivity contribution in [3.8, 4) is 0 Å². The molecular weight excluding hydrogens is 190 g/mol. The largest absolute Gasteiger partial charge is 0.257 e. The van der Waals surface area contributed by atoms with E-state index in [2.05, 4.69) is 20.9 Å². The van der Waals surface area contributed by atoms with Crippen LogP contribution in [0.2, 0.25) is 0 Å². The first-order chi connectivity index (χ1) is 4.83. The summed E-state index contributed by atoms with van der Waals surface area (Å²) in [6.07, 6.45) is 3.75. The average Bonchev–Trinajstić information content (AvgIpc) is 1.95. The predicted molar refractivity (Wildman–Crippen MR) is 46.9 cm³/mol. The first kappa shape index (κ1) is 7.48. The van der Waals surface area contributed by atoms with Crippen LogP contribution in [0.1, 0.15) is 11.3 Å². The van der Waals surface area contributed by atoms with Gasteiger partial charge in [-0.3, -0.25) is 4.98 Å². The average molecular weight is 198 g/mol. The Bertz CT molecular complexity index is 226. The van der Waals surface area contributed by atoms with Gasteiger partial charge in [0.15, 0.2) is 0 Å². The van der Waals surface area contributed by atoms with Crippen molar-refractivity contribution in [2.75, 3.05) is 0 Å². The van der Waals surface area contributed by atoms with Crippen LogP contribution >= 0.6 is 15.9 Å². The van der Waals surface area contributed by atoms with Gasteiger partial charge in [-0.2, -0.15) is 0 Å². The van der Waals surface area contributed by atoms with Crippen molar-refractivity contribution < 1.29 is 0 Å². The highest BCUT2D eigenvalue weighted by atomic mass is 79.9. The quantitative estimate of drug-likeness (QED) is 0.676. The molecule has 1 heterocycles. The number of nitrogens with zero attached hydrogens (tertiary/aromatic N) is 1. The van der Waals surface area contributed by atoms with Crippen LogP contribution in [-0.4, -0.2) is 4.98 Å². The highest BCUT2D eigenvalue weighted by Crippen LogP contribution is 2.01. The van der Waals surface area contributed by atoms with Crippen molar-refractivity contribution in [3.05, 3.63) is 34.6 Å². The third-order valence-electron chi connectivity index (χ3n) is 1.17. The molecule has 1 rings (SSSR count). The molecule has 0 aliphatic carbocycles. The van der Waals surface area contributed by atoms with Crippen molar-refractivity contribution in [2.24, 2.45) is 0 Å². The number of rotatable bonds is 1. The molecule has 0 aliphatic rings. The van der Waals surface area contributed by atoms with E-state index in [1.807, 2.05) is 31.3 Å². The Morgan fingerprint density at radius 1 is 1.50 bits per heavy atom. The number of halogens is 1. The molecule has 0 bridgehead atoms. The van der Waals surface area contributed by atoms with Gasteiger partial charge in [-0.15, -0.1) is 0 Å². The maximum absolute atomic E-state index is 4.15. The Morgan fingerprint density at radius 3 is 2.80 bits per heavy atom. The zero-order valence-electron chi connectivity index (χ0n) is 5.71. The van der Waals surface area contributed by atoms with Gasteiger partial charge in [0.2, 0.25) is 0 Å². The number of pyridine rings is 1. The minimum atomic E-state index is 0.975. The van der Waals surface area contributed by atoms with Gasteiger partial charge < -0.3 is 0 Å². The predicted octanol–water partition coefficient (Wildman–Crippen LogP) is 2.76. The topological polar surface area (TPSA) is 12.9 Å². The van der Waals surface area contributed by atoms with E-state index in [4.69, 9.17) is 0 Å². The summed E-state index contributed by atoms with van der Waals surface area (Å²) in [6, 6.07) is 4.02. The fourth-order valence-electron chi connectivity index (χ4n) is 0.642. The van der Waals surface area contributed by atoms with Gasteiger partial charge in [-0.05, 0) is 29.6 Å². The van der Waals surface area contributed by atoms with Gasteiger partial charge in [-0.1, -0.05) is 22.0 Å². The van der Waals surface area contributed by atoms with Crippen molar-refractivity contribution in [2.45, 2.75) is 6.92 Å². The highest BCUT2D eigenvalue weighted by Gasteiger charge is 1.85. The Labute approximate surface area is 68.9 Å². The fourth-order valence-corrected chi connectivity index (χ4v) is 0.913. The molecule has 1 nitrogen and oxygen atoms in total. The van der Waals surface area contributed by atoms with Crippen molar-refractivity contribution >= 4 is 22.0 Å². The number of hydrogen-bond donors (Lipinski definition) is 0. The first-order valence-electron chi connectivity index (χ1n) is 3.02. The molecule has 0 saturated heterocycles. The van der Waals surface area contributed by atoms with Crippen LogP contribution in [0.25, 0.3) is 6.08 Å². The van der Waals surface area contributed by atoms with Crippen molar-refractivity contribution in [1.29, 1.82) is 0 Å². The standard InChI is InChI=1S/C8H8BrN/c1-7-2-3-8(4-5-9)10-6-7/h2-6H,1H3/b5-4+. The summed E-state index contributed by atoms with van der Waals surface area (Å²) in [5, 5.41) is 0. The van der Waals surface area contributed by atoms with Crippen LogP contribution in [0.3, 0.4) is 0 Å². The molecular formula is C8H8BrN. The third-order valence-corrected chi connectivity index (χ3v) is 1.43. The molecule has 0 fully saturated rings. The van der Waals surface area contributed by atoms with E-state index >= 15 is 0 Å². The second kappa shape index (κ2) is 3.52. The zero-order chi connectivity index (χ0) is 7.40. The maximum Gasteiger partial charge on any atom is 0.0635 e. The summed E-state index contributed by atoms with van der Waals surface area (Å²) in [5.74, 6) is 0. The number of hydrogen-bond acceptors (Lipinski definition) is 1. The van der Waals surface area contributed by atoms with E-state index in [1.54, 1.807) is 4.99 Å². The van der Waals surface area contributed by atoms with Gasteiger partial charge in [0.1, 0.15) is 0 Å². The van der Waals surface area contributed by atoms with Crippen LogP contribution in [0.4, 0.5) is 0 Å². The van der Waals surface area contributed by atoms with Crippen LogP contribution in [-0.2, 0) is 0 Å². The lowest BCUT2D eigenvalue weighted by Gasteiger charge is -1.91. The summed E-state index contributed by atoms with van der Waals surface area (Å²) >= 11 is 3.18. The molecule has 0 N–H and O–H groups in total. The summed E-state index contributed by atoms with van der Waals surface area (Å²) in [7, 11) is 0. The van der Waals surface area contributed by atoms with Gasteiger partial charge >= 0.3 is 0 Å². The summed E-state index contributed by atoms with van der Waals surface area (Å²) in [5.41, 5.74) is 2.16. The molecule has 0 saturated carbocycles. The molecule has 0 aromatic carbocycles. The molecule has 1 aromatic heterocycles. The van der Waals surface area contributed by atoms with Gasteiger partial charge in [0.05, 0.1) is 5.69 Å². The van der Waals surface area contributed by atoms with E-state index in [1.165, 1.54) is 5.56 Å². The molecule has 10 heavy (non-hydrogen) atoms. The number of aromatic nitrogens is 1. The lowest BCUT2D eigenvalue weighted by atomic mass is 10.3. The number of aryl methyl sites for hydroxylation is 1. The summed E-state index contributed by atoms with van der Waals surface area (Å²) < 4.78 is 0. The molecule has 1 aromatic rings. The van der Waals surface area contributed by atoms with E-state index in [0.29, 0.717) is 0 Å². The normalized spacial score (nSPS) is 10.6. The van der Waals surface area contributed by atoms with Gasteiger partial charge in [0.25, 0.3) is 0 Å². The van der Waals surface area contributed by atoms with Crippen LogP contribution in [0, 0.1) is 6.92 Å². The molecule has 0 aliphatic heterocycles.